The molecule has 0 aliphatic rings. The zero-order valence-electron chi connectivity index (χ0n) is 12.7. The second-order valence-corrected chi connectivity index (χ2v) is 6.77. The Labute approximate surface area is 134 Å². The largest absolute Gasteiger partial charge is 0.373 e. The highest BCUT2D eigenvalue weighted by molar-refractivity contribution is 7.89. The van der Waals surface area contributed by atoms with Gasteiger partial charge in [-0.05, 0) is 37.1 Å². The van der Waals surface area contributed by atoms with E-state index in [0.29, 0.717) is 0 Å². The molecule has 23 heavy (non-hydrogen) atoms. The third-order valence-electron chi connectivity index (χ3n) is 3.52. The molecule has 2 aromatic rings. The Kier molecular flexibility index (Phi) is 4.67. The minimum Gasteiger partial charge on any atom is -0.373 e. The van der Waals surface area contributed by atoms with Crippen molar-refractivity contribution in [2.75, 3.05) is 5.32 Å². The standard InChI is InChI=1S/C15H17N3O4S/c1-10-5-3-4-6-13(10)11(2)17-14-8-7-12(23(16,21)22)9-15(14)18(19)20/h3-9,11,17H,1-2H3,(H2,16,21,22). The lowest BCUT2D eigenvalue weighted by atomic mass is 10.0. The summed E-state index contributed by atoms with van der Waals surface area (Å²) in [6, 6.07) is 11.1. The third kappa shape index (κ3) is 3.85. The van der Waals surface area contributed by atoms with Gasteiger partial charge in [0, 0.05) is 12.1 Å². The summed E-state index contributed by atoms with van der Waals surface area (Å²) in [4.78, 5) is 10.3. The lowest BCUT2D eigenvalue weighted by Gasteiger charge is -2.18. The van der Waals surface area contributed by atoms with Gasteiger partial charge < -0.3 is 5.32 Å². The Bertz CT molecular complexity index is 850. The van der Waals surface area contributed by atoms with Crippen molar-refractivity contribution in [2.24, 2.45) is 5.14 Å². The number of sulfonamides is 1. The van der Waals surface area contributed by atoms with Crippen LogP contribution in [-0.2, 0) is 10.0 Å². The van der Waals surface area contributed by atoms with Crippen molar-refractivity contribution in [1.29, 1.82) is 0 Å². The number of nitrogens with one attached hydrogen (secondary N) is 1. The maximum absolute atomic E-state index is 11.3. The first-order chi connectivity index (χ1) is 10.7. The third-order valence-corrected chi connectivity index (χ3v) is 4.43. The van der Waals surface area contributed by atoms with Crippen molar-refractivity contribution >= 4 is 21.4 Å². The first-order valence-electron chi connectivity index (χ1n) is 6.83. The normalized spacial score (nSPS) is 12.7. The van der Waals surface area contributed by atoms with E-state index in [1.165, 1.54) is 12.1 Å². The molecule has 0 fully saturated rings. The fourth-order valence-corrected chi connectivity index (χ4v) is 2.88. The van der Waals surface area contributed by atoms with Crippen LogP contribution >= 0.6 is 0 Å². The van der Waals surface area contributed by atoms with Crippen LogP contribution in [0.25, 0.3) is 0 Å². The predicted octanol–water partition coefficient (Wildman–Crippen LogP) is 2.72. The van der Waals surface area contributed by atoms with Crippen LogP contribution in [0.1, 0.15) is 24.1 Å². The highest BCUT2D eigenvalue weighted by Gasteiger charge is 2.20. The average molecular weight is 335 g/mol. The summed E-state index contributed by atoms with van der Waals surface area (Å²) in [5.74, 6) is 0. The van der Waals surface area contributed by atoms with Crippen LogP contribution in [0.4, 0.5) is 11.4 Å². The molecular weight excluding hydrogens is 318 g/mol. The van der Waals surface area contributed by atoms with E-state index in [0.717, 1.165) is 17.2 Å². The number of hydrogen-bond donors (Lipinski definition) is 2. The monoisotopic (exact) mass is 335 g/mol. The number of primary sulfonamides is 1. The van der Waals surface area contributed by atoms with Crippen LogP contribution in [-0.4, -0.2) is 13.3 Å². The Morgan fingerprint density at radius 2 is 1.87 bits per heavy atom. The highest BCUT2D eigenvalue weighted by atomic mass is 32.2. The maximum atomic E-state index is 11.3. The van der Waals surface area contributed by atoms with Gasteiger partial charge in [-0.25, -0.2) is 13.6 Å². The maximum Gasteiger partial charge on any atom is 0.293 e. The number of anilines is 1. The molecule has 1 atom stereocenters. The van der Waals surface area contributed by atoms with Crippen molar-refractivity contribution < 1.29 is 13.3 Å². The molecule has 2 rings (SSSR count). The molecule has 0 radical (unpaired) electrons. The molecule has 1 unspecified atom stereocenters. The minimum atomic E-state index is -4.00. The lowest BCUT2D eigenvalue weighted by molar-refractivity contribution is -0.384. The molecule has 0 spiro atoms. The second-order valence-electron chi connectivity index (χ2n) is 5.20. The van der Waals surface area contributed by atoms with E-state index in [9.17, 15) is 18.5 Å². The Hall–Kier alpha value is -2.45. The van der Waals surface area contributed by atoms with Crippen molar-refractivity contribution in [3.63, 3.8) is 0 Å². The van der Waals surface area contributed by atoms with Crippen LogP contribution in [0.5, 0.6) is 0 Å². The van der Waals surface area contributed by atoms with E-state index in [4.69, 9.17) is 5.14 Å². The summed E-state index contributed by atoms with van der Waals surface area (Å²) < 4.78 is 22.7. The molecule has 0 amide bonds. The molecular formula is C15H17N3O4S. The number of hydrogen-bond acceptors (Lipinski definition) is 5. The zero-order valence-corrected chi connectivity index (χ0v) is 13.5. The smallest absolute Gasteiger partial charge is 0.293 e. The molecule has 2 aromatic carbocycles. The minimum absolute atomic E-state index is 0.185. The fraction of sp³-hybridized carbons (Fsp3) is 0.200. The molecule has 7 nitrogen and oxygen atoms in total. The van der Waals surface area contributed by atoms with Crippen molar-refractivity contribution in [3.05, 3.63) is 63.7 Å². The molecule has 0 bridgehead atoms. The SMILES string of the molecule is Cc1ccccc1C(C)Nc1ccc(S(N)(=O)=O)cc1[N+](=O)[O-]. The van der Waals surface area contributed by atoms with Gasteiger partial charge in [-0.15, -0.1) is 0 Å². The number of aryl methyl sites for hydroxylation is 1. The first kappa shape index (κ1) is 16.9. The molecule has 0 heterocycles. The van der Waals surface area contributed by atoms with E-state index in [1.807, 2.05) is 38.1 Å². The molecule has 8 heteroatoms. The summed E-state index contributed by atoms with van der Waals surface area (Å²) in [6.07, 6.45) is 0. The van der Waals surface area contributed by atoms with E-state index < -0.39 is 14.9 Å². The summed E-state index contributed by atoms with van der Waals surface area (Å²) >= 11 is 0. The van der Waals surface area contributed by atoms with Crippen LogP contribution in [0.3, 0.4) is 0 Å². The molecule has 122 valence electrons. The van der Waals surface area contributed by atoms with Crippen LogP contribution in [0.15, 0.2) is 47.4 Å². The molecule has 3 N–H and O–H groups in total. The number of benzene rings is 2. The van der Waals surface area contributed by atoms with Gasteiger partial charge in [0.1, 0.15) is 5.69 Å². The quantitative estimate of drug-likeness (QED) is 0.644. The number of nitrogens with zero attached hydrogens (tertiary/aromatic N) is 1. The van der Waals surface area contributed by atoms with Crippen molar-refractivity contribution in [2.45, 2.75) is 24.8 Å². The second kappa shape index (κ2) is 6.35. The summed E-state index contributed by atoms with van der Waals surface area (Å²) in [7, 11) is -4.00. The summed E-state index contributed by atoms with van der Waals surface area (Å²) in [5.41, 5.74) is 1.95. The fourth-order valence-electron chi connectivity index (χ4n) is 2.35. The van der Waals surface area contributed by atoms with Crippen LogP contribution in [0.2, 0.25) is 0 Å². The van der Waals surface area contributed by atoms with Gasteiger partial charge in [0.15, 0.2) is 0 Å². The number of nitro benzene ring substituents is 1. The van der Waals surface area contributed by atoms with Crippen LogP contribution < -0.4 is 10.5 Å². The van der Waals surface area contributed by atoms with Gasteiger partial charge in [0.05, 0.1) is 9.82 Å². The van der Waals surface area contributed by atoms with Gasteiger partial charge in [-0.3, -0.25) is 10.1 Å². The number of nitro groups is 1. The summed E-state index contributed by atoms with van der Waals surface area (Å²) in [5, 5.41) is 19.3. The molecule has 0 aliphatic carbocycles. The number of nitrogens with two attached hydrogens (primary N) is 1. The van der Waals surface area contributed by atoms with E-state index in [-0.39, 0.29) is 22.3 Å². The van der Waals surface area contributed by atoms with Gasteiger partial charge in [0.2, 0.25) is 10.0 Å². The topological polar surface area (TPSA) is 115 Å². The van der Waals surface area contributed by atoms with E-state index in [2.05, 4.69) is 5.32 Å². The van der Waals surface area contributed by atoms with Crippen molar-refractivity contribution in [1.82, 2.24) is 0 Å². The predicted molar refractivity (Wildman–Crippen MR) is 87.7 cm³/mol. The van der Waals surface area contributed by atoms with E-state index >= 15 is 0 Å². The van der Waals surface area contributed by atoms with Crippen molar-refractivity contribution in [3.8, 4) is 0 Å². The molecule has 0 aromatic heterocycles. The first-order valence-corrected chi connectivity index (χ1v) is 8.38. The Morgan fingerprint density at radius 1 is 1.22 bits per heavy atom. The molecule has 0 aliphatic heterocycles. The van der Waals surface area contributed by atoms with Gasteiger partial charge in [0.25, 0.3) is 5.69 Å². The average Bonchev–Trinajstić information content (AvgIpc) is 2.46. The van der Waals surface area contributed by atoms with Gasteiger partial charge >= 0.3 is 0 Å². The zero-order chi connectivity index (χ0) is 17.2. The number of rotatable bonds is 5. The van der Waals surface area contributed by atoms with Gasteiger partial charge in [-0.1, -0.05) is 24.3 Å². The molecule has 0 saturated carbocycles. The van der Waals surface area contributed by atoms with Gasteiger partial charge in [-0.2, -0.15) is 0 Å². The Balaban J connectivity index is 2.40. The van der Waals surface area contributed by atoms with Crippen LogP contribution in [0, 0.1) is 17.0 Å². The van der Waals surface area contributed by atoms with E-state index in [1.54, 1.807) is 0 Å². The Morgan fingerprint density at radius 3 is 2.43 bits per heavy atom. The lowest BCUT2D eigenvalue weighted by Crippen LogP contribution is -2.14. The molecule has 0 saturated heterocycles. The highest BCUT2D eigenvalue weighted by Crippen LogP contribution is 2.31. The summed E-state index contributed by atoms with van der Waals surface area (Å²) in [6.45, 7) is 3.83.